The van der Waals surface area contributed by atoms with E-state index in [1.165, 1.54) is 133 Å². The smallest absolute Gasteiger partial charge is 0.0755 e. The summed E-state index contributed by atoms with van der Waals surface area (Å²) < 4.78 is 5.01. The SMILES string of the molecule is c1ccc(-c2ccc(-c3ccc(-n4c5ccccc5c5cc6c(cc54)C4(c5cc7c(cc5-6)c5ccccc5n7-c5cccc(-c6ccc(-c7ccccc7)cc6)c5)c5ccccc5N(c5ccccc5)c5ccccc54)cc3)cc2)cc1. The lowest BCUT2D eigenvalue weighted by atomic mass is 9.64. The van der Waals surface area contributed by atoms with Crippen LogP contribution < -0.4 is 4.90 Å². The molecule has 0 saturated heterocycles. The first-order chi connectivity index (χ1) is 40.7. The number of benzene rings is 13. The molecule has 0 radical (unpaired) electrons. The van der Waals surface area contributed by atoms with Gasteiger partial charge >= 0.3 is 0 Å². The highest BCUT2D eigenvalue weighted by Crippen LogP contribution is 2.65. The van der Waals surface area contributed by atoms with Crippen LogP contribution in [0.15, 0.2) is 309 Å². The highest BCUT2D eigenvalue weighted by Gasteiger charge is 2.52. The largest absolute Gasteiger partial charge is 0.310 e. The van der Waals surface area contributed by atoms with Crippen LogP contribution in [0.1, 0.15) is 22.3 Å². The van der Waals surface area contributed by atoms with Gasteiger partial charge in [0.2, 0.25) is 0 Å². The van der Waals surface area contributed by atoms with Gasteiger partial charge < -0.3 is 14.0 Å². The number of hydrogen-bond donors (Lipinski definition) is 0. The standard InChI is InChI=1S/C79H51N3/c1-4-19-52(20-5-1)54-35-37-56(38-36-54)57-43-45-61(46-44-57)80-73-31-14-10-27-63(73)67-48-65-66-49-68-64-28-11-15-32-74(64)82(62-26-18-23-59(47-62)58-41-39-55(40-42-58)53-21-6-2-7-22-53)78(68)51-72(66)79(71(65)50-77(67)80)69-29-12-16-33-75(69)81(60-24-8-3-9-25-60)76-34-17-13-30-70(76)79/h1-51H. The maximum Gasteiger partial charge on any atom is 0.0755 e. The lowest BCUT2D eigenvalue weighted by Crippen LogP contribution is -2.36. The Morgan fingerprint density at radius 2 is 0.573 bits per heavy atom. The number of anilines is 3. The van der Waals surface area contributed by atoms with Crippen LogP contribution in [-0.2, 0) is 5.41 Å². The van der Waals surface area contributed by atoms with Crippen molar-refractivity contribution < 1.29 is 0 Å². The van der Waals surface area contributed by atoms with Gasteiger partial charge in [-0.25, -0.2) is 0 Å². The highest BCUT2D eigenvalue weighted by molar-refractivity contribution is 6.16. The van der Waals surface area contributed by atoms with Crippen molar-refractivity contribution in [3.8, 4) is 67.0 Å². The Hall–Kier alpha value is -10.7. The minimum atomic E-state index is -0.716. The number of aromatic nitrogens is 2. The third kappa shape index (κ3) is 6.84. The van der Waals surface area contributed by atoms with Crippen molar-refractivity contribution in [3.63, 3.8) is 0 Å². The fourth-order valence-corrected chi connectivity index (χ4v) is 14.1. The molecule has 382 valence electrons. The number of hydrogen-bond acceptors (Lipinski definition) is 1. The Morgan fingerprint density at radius 3 is 1.07 bits per heavy atom. The Kier molecular flexibility index (Phi) is 10.2. The summed E-state index contributed by atoms with van der Waals surface area (Å²) in [5.74, 6) is 0. The van der Waals surface area contributed by atoms with E-state index in [9.17, 15) is 0 Å². The zero-order valence-electron chi connectivity index (χ0n) is 44.8. The Labute approximate surface area is 476 Å². The second-order valence-electron chi connectivity index (χ2n) is 22.0. The highest BCUT2D eigenvalue weighted by atomic mass is 15.2. The molecule has 1 aliphatic carbocycles. The molecule has 1 aliphatic heterocycles. The van der Waals surface area contributed by atoms with Crippen molar-refractivity contribution in [3.05, 3.63) is 332 Å². The van der Waals surface area contributed by atoms with Crippen LogP contribution in [0.2, 0.25) is 0 Å². The fraction of sp³-hybridized carbons (Fsp3) is 0.0127. The molecular formula is C79H51N3. The van der Waals surface area contributed by atoms with E-state index >= 15 is 0 Å². The topological polar surface area (TPSA) is 13.1 Å². The number of rotatable bonds is 7. The summed E-state index contributed by atoms with van der Waals surface area (Å²) in [6.07, 6.45) is 0. The van der Waals surface area contributed by atoms with Crippen LogP contribution >= 0.6 is 0 Å². The minimum Gasteiger partial charge on any atom is -0.310 e. The summed E-state index contributed by atoms with van der Waals surface area (Å²) in [5, 5.41) is 4.93. The van der Waals surface area contributed by atoms with Gasteiger partial charge in [0.05, 0.1) is 38.9 Å². The van der Waals surface area contributed by atoms with Crippen LogP contribution in [0.5, 0.6) is 0 Å². The molecule has 15 aromatic rings. The normalized spacial score (nSPS) is 13.0. The molecular weight excluding hydrogens is 991 g/mol. The van der Waals surface area contributed by atoms with Gasteiger partial charge in [-0.05, 0) is 163 Å². The molecule has 0 unspecified atom stereocenters. The Morgan fingerprint density at radius 1 is 0.207 bits per heavy atom. The predicted molar refractivity (Wildman–Crippen MR) is 342 cm³/mol. The monoisotopic (exact) mass is 1040 g/mol. The maximum atomic E-state index is 2.57. The van der Waals surface area contributed by atoms with Crippen molar-refractivity contribution in [2.24, 2.45) is 0 Å². The van der Waals surface area contributed by atoms with E-state index in [1.54, 1.807) is 0 Å². The van der Waals surface area contributed by atoms with Crippen LogP contribution in [-0.4, -0.2) is 9.13 Å². The van der Waals surface area contributed by atoms with E-state index in [2.05, 4.69) is 323 Å². The van der Waals surface area contributed by atoms with Gasteiger partial charge in [-0.15, -0.1) is 0 Å². The fourth-order valence-electron chi connectivity index (χ4n) is 14.1. The van der Waals surface area contributed by atoms with E-state index in [1.807, 2.05) is 0 Å². The molecule has 0 fully saturated rings. The summed E-state index contributed by atoms with van der Waals surface area (Å²) >= 11 is 0. The van der Waals surface area contributed by atoms with Gasteiger partial charge in [0.15, 0.2) is 0 Å². The zero-order valence-corrected chi connectivity index (χ0v) is 44.8. The second kappa shape index (κ2) is 18.2. The van der Waals surface area contributed by atoms with Gasteiger partial charge in [-0.3, -0.25) is 0 Å². The van der Waals surface area contributed by atoms with E-state index in [4.69, 9.17) is 0 Å². The van der Waals surface area contributed by atoms with E-state index in [0.717, 1.165) is 17.1 Å². The van der Waals surface area contributed by atoms with Gasteiger partial charge in [0.1, 0.15) is 0 Å². The van der Waals surface area contributed by atoms with Crippen LogP contribution in [0.3, 0.4) is 0 Å². The van der Waals surface area contributed by atoms with Gasteiger partial charge in [-0.1, -0.05) is 224 Å². The van der Waals surface area contributed by atoms with E-state index in [-0.39, 0.29) is 0 Å². The molecule has 2 aliphatic rings. The Bertz CT molecular complexity index is 4950. The van der Waals surface area contributed by atoms with Crippen molar-refractivity contribution in [1.82, 2.24) is 9.13 Å². The molecule has 3 nitrogen and oxygen atoms in total. The van der Waals surface area contributed by atoms with E-state index < -0.39 is 5.41 Å². The molecule has 0 bridgehead atoms. The molecule has 1 spiro atoms. The number of fused-ring (bicyclic) bond motifs is 15. The summed E-state index contributed by atoms with van der Waals surface area (Å²) in [7, 11) is 0. The van der Waals surface area contributed by atoms with Crippen molar-refractivity contribution in [1.29, 1.82) is 0 Å². The lowest BCUT2D eigenvalue weighted by Gasteiger charge is -2.45. The minimum absolute atomic E-state index is 0.716. The molecule has 3 heteroatoms. The first-order valence-corrected chi connectivity index (χ1v) is 28.4. The maximum absolute atomic E-state index is 2.57. The molecule has 17 rings (SSSR count). The summed E-state index contributed by atoms with van der Waals surface area (Å²) in [6.45, 7) is 0. The van der Waals surface area contributed by atoms with Gasteiger partial charge in [-0.2, -0.15) is 0 Å². The van der Waals surface area contributed by atoms with Crippen molar-refractivity contribution in [2.75, 3.05) is 4.90 Å². The zero-order chi connectivity index (χ0) is 53.9. The van der Waals surface area contributed by atoms with Crippen LogP contribution in [0.4, 0.5) is 17.1 Å². The molecule has 0 N–H and O–H groups in total. The third-order valence-corrected chi connectivity index (χ3v) is 17.7. The van der Waals surface area contributed by atoms with E-state index in [0.29, 0.717) is 0 Å². The van der Waals surface area contributed by atoms with Gasteiger partial charge in [0.25, 0.3) is 0 Å². The molecule has 0 atom stereocenters. The number of para-hydroxylation sites is 5. The van der Waals surface area contributed by atoms with Crippen LogP contribution in [0, 0.1) is 0 Å². The van der Waals surface area contributed by atoms with Gasteiger partial charge in [0, 0.05) is 38.6 Å². The summed E-state index contributed by atoms with van der Waals surface area (Å²) in [6, 6.07) is 115. The average molecular weight is 1040 g/mol. The van der Waals surface area contributed by atoms with Crippen molar-refractivity contribution >= 4 is 60.7 Å². The molecule has 13 aromatic carbocycles. The quantitative estimate of drug-likeness (QED) is 0.155. The molecule has 82 heavy (non-hydrogen) atoms. The third-order valence-electron chi connectivity index (χ3n) is 17.7. The molecule has 2 aromatic heterocycles. The predicted octanol–water partition coefficient (Wildman–Crippen LogP) is 20.7. The molecule has 0 amide bonds. The molecule has 3 heterocycles. The second-order valence-corrected chi connectivity index (χ2v) is 22.0. The first kappa shape index (κ1) is 46.2. The summed E-state index contributed by atoms with van der Waals surface area (Å²) in [5.41, 5.74) is 26.9. The lowest BCUT2D eigenvalue weighted by molar-refractivity contribution is 0.754. The van der Waals surface area contributed by atoms with Crippen molar-refractivity contribution in [2.45, 2.75) is 5.41 Å². The average Bonchev–Trinajstić information content (AvgIpc) is 1.83. The molecule has 0 saturated carbocycles. The summed E-state index contributed by atoms with van der Waals surface area (Å²) in [4.78, 5) is 2.48. The Balaban J connectivity index is 0.906. The van der Waals surface area contributed by atoms with Crippen LogP contribution in [0.25, 0.3) is 111 Å². The number of nitrogens with zero attached hydrogens (tertiary/aromatic N) is 3. The first-order valence-electron chi connectivity index (χ1n) is 28.4.